The average Bonchev–Trinajstić information content (AvgIpc) is 2.60. The molecule has 3 nitrogen and oxygen atoms in total. The van der Waals surface area contributed by atoms with E-state index in [-0.39, 0.29) is 11.3 Å². The normalized spacial score (nSPS) is 16.1. The van der Waals surface area contributed by atoms with Gasteiger partial charge in [0.15, 0.2) is 0 Å². The van der Waals surface area contributed by atoms with Crippen molar-refractivity contribution in [3.8, 4) is 0 Å². The van der Waals surface area contributed by atoms with E-state index in [1.165, 1.54) is 70.9 Å². The van der Waals surface area contributed by atoms with Gasteiger partial charge in [-0.15, -0.1) is 0 Å². The fraction of sp³-hybridized carbons (Fsp3) is 1.00. The van der Waals surface area contributed by atoms with Crippen LogP contribution in [0.15, 0.2) is 0 Å². The lowest BCUT2D eigenvalue weighted by atomic mass is 9.96. The first-order valence-electron chi connectivity index (χ1n) is 12.0. The van der Waals surface area contributed by atoms with Gasteiger partial charge in [-0.25, -0.2) is 0 Å². The van der Waals surface area contributed by atoms with Crippen LogP contribution in [-0.2, 0) is 0 Å². The molecule has 164 valence electrons. The molecule has 0 aromatic heterocycles. The summed E-state index contributed by atoms with van der Waals surface area (Å²) in [5, 5.41) is 4.17. The van der Waals surface area contributed by atoms with Crippen molar-refractivity contribution in [2.75, 3.05) is 19.6 Å². The predicted octanol–water partition coefficient (Wildman–Crippen LogP) is 6.63. The molecule has 0 rings (SSSR count). The summed E-state index contributed by atoms with van der Waals surface area (Å²) in [7, 11) is 0. The third-order valence-corrected chi connectivity index (χ3v) is 5.77. The first-order chi connectivity index (χ1) is 12.7. The lowest BCUT2D eigenvalue weighted by Gasteiger charge is -2.57. The molecule has 0 aliphatic carbocycles. The minimum absolute atomic E-state index is 0.0397. The van der Waals surface area contributed by atoms with Crippen LogP contribution in [0.1, 0.15) is 120 Å². The van der Waals surface area contributed by atoms with Gasteiger partial charge in [0.25, 0.3) is 0 Å². The minimum atomic E-state index is -0.0397. The Kier molecular flexibility index (Phi) is 13.9. The first kappa shape index (κ1) is 26.9. The lowest BCUT2D eigenvalue weighted by Crippen LogP contribution is -2.74. The van der Waals surface area contributed by atoms with Gasteiger partial charge in [-0.05, 0) is 59.8 Å². The van der Waals surface area contributed by atoms with Gasteiger partial charge in [0.05, 0.1) is 0 Å². The molecule has 0 saturated carbocycles. The molecule has 0 radical (unpaired) electrons. The average molecular weight is 384 g/mol. The molecule has 2 unspecified atom stereocenters. The Labute approximate surface area is 172 Å². The van der Waals surface area contributed by atoms with Crippen molar-refractivity contribution in [2.24, 2.45) is 0 Å². The van der Waals surface area contributed by atoms with Crippen LogP contribution in [0.3, 0.4) is 0 Å². The molecule has 1 N–H and O–H groups in total. The molecular weight excluding hydrogens is 330 g/mol. The summed E-state index contributed by atoms with van der Waals surface area (Å²) in [5.74, 6) is -0.0397. The zero-order chi connectivity index (χ0) is 20.9. The number of nitrogens with one attached hydrogen (secondary N) is 1. The van der Waals surface area contributed by atoms with Gasteiger partial charge in [-0.3, -0.25) is 15.1 Å². The third-order valence-electron chi connectivity index (χ3n) is 5.77. The molecule has 0 fully saturated rings. The highest BCUT2D eigenvalue weighted by molar-refractivity contribution is 4.95. The Morgan fingerprint density at radius 2 is 1.22 bits per heavy atom. The van der Waals surface area contributed by atoms with E-state index in [0.717, 1.165) is 6.54 Å². The molecule has 2 atom stereocenters. The van der Waals surface area contributed by atoms with Crippen molar-refractivity contribution in [2.45, 2.75) is 137 Å². The molecule has 0 spiro atoms. The van der Waals surface area contributed by atoms with Crippen molar-refractivity contribution in [3.05, 3.63) is 0 Å². The summed E-state index contributed by atoms with van der Waals surface area (Å²) >= 11 is 0. The van der Waals surface area contributed by atoms with Crippen LogP contribution in [0.25, 0.3) is 0 Å². The zero-order valence-electron chi connectivity index (χ0n) is 20.5. The van der Waals surface area contributed by atoms with Gasteiger partial charge >= 0.3 is 0 Å². The Morgan fingerprint density at radius 1 is 0.741 bits per heavy atom. The maximum Gasteiger partial charge on any atom is 0.129 e. The smallest absolute Gasteiger partial charge is 0.129 e. The second-order valence-corrected chi connectivity index (χ2v) is 9.39. The maximum absolute atomic E-state index is 4.17. The number of hydrogen-bond donors (Lipinski definition) is 1. The standard InChI is InChI=1S/C24H53N3/c1-10-15-19-26(20-16-11-2)24(18-13-4,25-22(6)14-5)27(21-17-12-3)23(7,8)9/h22,25H,10-21H2,1-9H3. The van der Waals surface area contributed by atoms with E-state index in [1.807, 2.05) is 0 Å². The fourth-order valence-electron chi connectivity index (χ4n) is 4.12. The second-order valence-electron chi connectivity index (χ2n) is 9.39. The molecule has 0 aromatic carbocycles. The highest BCUT2D eigenvalue weighted by atomic mass is 15.5. The quantitative estimate of drug-likeness (QED) is 0.302. The maximum atomic E-state index is 4.17. The van der Waals surface area contributed by atoms with E-state index < -0.39 is 0 Å². The Balaban J connectivity index is 6.19. The van der Waals surface area contributed by atoms with Gasteiger partial charge in [-0.1, -0.05) is 60.3 Å². The molecule has 0 aliphatic heterocycles. The Morgan fingerprint density at radius 3 is 1.59 bits per heavy atom. The molecule has 0 bridgehead atoms. The summed E-state index contributed by atoms with van der Waals surface area (Å²) < 4.78 is 0. The van der Waals surface area contributed by atoms with Gasteiger partial charge in [0.1, 0.15) is 5.79 Å². The SMILES string of the molecule is CCCCN(CCCC)C(CCC)(NC(C)CC)N(CCCC)C(C)(C)C. The van der Waals surface area contributed by atoms with E-state index in [2.05, 4.69) is 77.4 Å². The zero-order valence-corrected chi connectivity index (χ0v) is 20.5. The summed E-state index contributed by atoms with van der Waals surface area (Å²) in [6.45, 7) is 24.8. The third kappa shape index (κ3) is 8.83. The van der Waals surface area contributed by atoms with E-state index in [1.54, 1.807) is 0 Å². The highest BCUT2D eigenvalue weighted by Crippen LogP contribution is 2.33. The molecule has 0 aliphatic rings. The van der Waals surface area contributed by atoms with Crippen LogP contribution in [-0.4, -0.2) is 46.8 Å². The van der Waals surface area contributed by atoms with Crippen LogP contribution in [0.5, 0.6) is 0 Å². The number of nitrogens with zero attached hydrogens (tertiary/aromatic N) is 2. The van der Waals surface area contributed by atoms with E-state index in [9.17, 15) is 0 Å². The molecule has 3 heteroatoms. The van der Waals surface area contributed by atoms with Crippen LogP contribution >= 0.6 is 0 Å². The first-order valence-corrected chi connectivity index (χ1v) is 12.0. The summed E-state index contributed by atoms with van der Waals surface area (Å²) in [4.78, 5) is 5.63. The van der Waals surface area contributed by atoms with Crippen molar-refractivity contribution < 1.29 is 0 Å². The van der Waals surface area contributed by atoms with Crippen LogP contribution < -0.4 is 5.32 Å². The van der Waals surface area contributed by atoms with Gasteiger partial charge < -0.3 is 0 Å². The number of rotatable bonds is 16. The Hall–Kier alpha value is -0.120. The van der Waals surface area contributed by atoms with Crippen LogP contribution in [0, 0.1) is 0 Å². The molecule has 0 aromatic rings. The topological polar surface area (TPSA) is 18.5 Å². The largest absolute Gasteiger partial charge is 0.284 e. The van der Waals surface area contributed by atoms with Crippen molar-refractivity contribution in [1.82, 2.24) is 15.1 Å². The molecule has 0 heterocycles. The predicted molar refractivity (Wildman–Crippen MR) is 123 cm³/mol. The fourth-order valence-corrected chi connectivity index (χ4v) is 4.12. The van der Waals surface area contributed by atoms with Gasteiger partial charge in [-0.2, -0.15) is 0 Å². The van der Waals surface area contributed by atoms with Crippen LogP contribution in [0.2, 0.25) is 0 Å². The van der Waals surface area contributed by atoms with E-state index in [4.69, 9.17) is 0 Å². The van der Waals surface area contributed by atoms with Crippen molar-refractivity contribution in [3.63, 3.8) is 0 Å². The van der Waals surface area contributed by atoms with Crippen molar-refractivity contribution in [1.29, 1.82) is 0 Å². The monoisotopic (exact) mass is 383 g/mol. The second kappa shape index (κ2) is 14.0. The lowest BCUT2D eigenvalue weighted by molar-refractivity contribution is -0.139. The van der Waals surface area contributed by atoms with E-state index >= 15 is 0 Å². The van der Waals surface area contributed by atoms with Crippen molar-refractivity contribution >= 4 is 0 Å². The van der Waals surface area contributed by atoms with E-state index in [0.29, 0.717) is 6.04 Å². The molecule has 0 amide bonds. The summed E-state index contributed by atoms with van der Waals surface area (Å²) in [5.41, 5.74) is 0.140. The molecule has 0 saturated heterocycles. The highest BCUT2D eigenvalue weighted by Gasteiger charge is 2.45. The van der Waals surface area contributed by atoms with Gasteiger partial charge in [0, 0.05) is 31.2 Å². The summed E-state index contributed by atoms with van der Waals surface area (Å²) in [6, 6.07) is 0.522. The number of hydrogen-bond acceptors (Lipinski definition) is 3. The van der Waals surface area contributed by atoms with Gasteiger partial charge in [0.2, 0.25) is 0 Å². The number of unbranched alkanes of at least 4 members (excludes halogenated alkanes) is 3. The minimum Gasteiger partial charge on any atom is -0.284 e. The Bertz CT molecular complexity index is 342. The van der Waals surface area contributed by atoms with Crippen LogP contribution in [0.4, 0.5) is 0 Å². The molecular formula is C24H53N3. The summed E-state index contributed by atoms with van der Waals surface area (Å²) in [6.07, 6.45) is 11.2. The molecule has 27 heavy (non-hydrogen) atoms.